The van der Waals surface area contributed by atoms with Crippen LogP contribution in [0, 0.1) is 5.92 Å². The van der Waals surface area contributed by atoms with Crippen molar-refractivity contribution < 1.29 is 33.4 Å². The van der Waals surface area contributed by atoms with E-state index in [-0.39, 0.29) is 29.3 Å². The molecule has 2 aromatic rings. The lowest BCUT2D eigenvalue weighted by molar-refractivity contribution is -0.135. The first-order chi connectivity index (χ1) is 18.6. The standard InChI is InChI=1S/C27H33ClF2N4O5/c1-2-3-9-22(25(37)33-21(16-35)13-17-10-12-32-24(17)36)34(26(38)39)23(18-6-5-11-31-15-18)27(29,30)19-7-4-8-20(28)14-19/h4-8,11,14-15,17,21-23,35H,2-3,9-10,12-13,16H2,1H3,(H,32,36)(H,33,37)(H,38,39)/t17-,21-,22-,23?/m0/s1. The highest BCUT2D eigenvalue weighted by molar-refractivity contribution is 6.30. The van der Waals surface area contributed by atoms with E-state index < -0.39 is 54.1 Å². The molecule has 1 aromatic heterocycles. The number of nitrogens with one attached hydrogen (secondary N) is 2. The van der Waals surface area contributed by atoms with E-state index in [9.17, 15) is 24.6 Å². The second-order valence-corrected chi connectivity index (χ2v) is 10.0. The molecule has 2 heterocycles. The number of alkyl halides is 2. The summed E-state index contributed by atoms with van der Waals surface area (Å²) in [5, 5.41) is 25.5. The average molecular weight is 567 g/mol. The van der Waals surface area contributed by atoms with Gasteiger partial charge in [-0.1, -0.05) is 49.6 Å². The Morgan fingerprint density at radius 3 is 2.64 bits per heavy atom. The van der Waals surface area contributed by atoms with Crippen molar-refractivity contribution in [2.24, 2.45) is 5.92 Å². The summed E-state index contributed by atoms with van der Waals surface area (Å²) in [6.07, 6.45) is 2.35. The zero-order valence-corrected chi connectivity index (χ0v) is 22.3. The van der Waals surface area contributed by atoms with E-state index in [2.05, 4.69) is 15.6 Å². The van der Waals surface area contributed by atoms with E-state index in [1.807, 2.05) is 6.92 Å². The number of carbonyl (C=O) groups excluding carboxylic acids is 2. The number of aliphatic hydroxyl groups is 1. The molecule has 4 atom stereocenters. The number of hydrogen-bond donors (Lipinski definition) is 4. The molecule has 12 heteroatoms. The highest BCUT2D eigenvalue weighted by Crippen LogP contribution is 2.46. The minimum atomic E-state index is -3.81. The number of halogens is 3. The lowest BCUT2D eigenvalue weighted by atomic mass is 9.92. The molecule has 1 saturated heterocycles. The predicted molar refractivity (Wildman–Crippen MR) is 140 cm³/mol. The molecule has 1 aliphatic rings. The Morgan fingerprint density at radius 1 is 1.31 bits per heavy atom. The third-order valence-electron chi connectivity index (χ3n) is 6.82. The van der Waals surface area contributed by atoms with Gasteiger partial charge in [-0.2, -0.15) is 8.78 Å². The largest absolute Gasteiger partial charge is 0.465 e. The van der Waals surface area contributed by atoms with Gasteiger partial charge in [-0.25, -0.2) is 4.79 Å². The maximum atomic E-state index is 16.3. The molecular weight excluding hydrogens is 534 g/mol. The van der Waals surface area contributed by atoms with E-state index in [1.165, 1.54) is 30.5 Å². The van der Waals surface area contributed by atoms with Crippen LogP contribution >= 0.6 is 11.6 Å². The Hall–Kier alpha value is -3.31. The predicted octanol–water partition coefficient (Wildman–Crippen LogP) is 4.11. The Morgan fingerprint density at radius 2 is 2.08 bits per heavy atom. The highest BCUT2D eigenvalue weighted by atomic mass is 35.5. The minimum Gasteiger partial charge on any atom is -0.465 e. The monoisotopic (exact) mass is 566 g/mol. The number of nitrogens with zero attached hydrogens (tertiary/aromatic N) is 2. The number of unbranched alkanes of at least 4 members (excludes halogenated alkanes) is 1. The summed E-state index contributed by atoms with van der Waals surface area (Å²) in [5.41, 5.74) is -0.634. The van der Waals surface area contributed by atoms with Gasteiger partial charge in [-0.15, -0.1) is 0 Å². The van der Waals surface area contributed by atoms with Crippen LogP contribution < -0.4 is 10.6 Å². The van der Waals surface area contributed by atoms with Gasteiger partial charge >= 0.3 is 6.09 Å². The number of rotatable bonds is 13. The van der Waals surface area contributed by atoms with Gasteiger partial charge < -0.3 is 20.8 Å². The lowest BCUT2D eigenvalue weighted by Crippen LogP contribution is -2.56. The van der Waals surface area contributed by atoms with Crippen molar-refractivity contribution in [2.45, 2.75) is 63.1 Å². The molecule has 212 valence electrons. The molecule has 0 aliphatic carbocycles. The molecule has 39 heavy (non-hydrogen) atoms. The smallest absolute Gasteiger partial charge is 0.408 e. The Bertz CT molecular complexity index is 1140. The molecule has 0 bridgehead atoms. The number of carboxylic acid groups (broad SMARTS) is 1. The van der Waals surface area contributed by atoms with Crippen LogP contribution in [-0.2, 0) is 15.5 Å². The van der Waals surface area contributed by atoms with E-state index >= 15 is 8.78 Å². The van der Waals surface area contributed by atoms with Gasteiger partial charge in [0, 0.05) is 35.4 Å². The summed E-state index contributed by atoms with van der Waals surface area (Å²) in [4.78, 5) is 42.7. The number of aliphatic hydroxyl groups excluding tert-OH is 1. The fourth-order valence-electron chi connectivity index (χ4n) is 4.84. The van der Waals surface area contributed by atoms with E-state index in [1.54, 1.807) is 0 Å². The number of hydrogen-bond acceptors (Lipinski definition) is 5. The topological polar surface area (TPSA) is 132 Å². The quantitative estimate of drug-likeness (QED) is 0.288. The molecule has 0 spiro atoms. The van der Waals surface area contributed by atoms with Crippen molar-refractivity contribution >= 4 is 29.5 Å². The van der Waals surface area contributed by atoms with Crippen LogP contribution in [0.1, 0.15) is 56.2 Å². The first kappa shape index (κ1) is 30.2. The summed E-state index contributed by atoms with van der Waals surface area (Å²) in [7, 11) is 0. The van der Waals surface area contributed by atoms with Gasteiger partial charge in [0.1, 0.15) is 12.1 Å². The second kappa shape index (κ2) is 13.7. The Kier molecular flexibility index (Phi) is 10.6. The SMILES string of the molecule is CCCC[C@@H](C(=O)N[C@H](CO)C[C@@H]1CCNC1=O)N(C(=O)O)C(c1cccnc1)C(F)(F)c1cccc(Cl)c1. The van der Waals surface area contributed by atoms with Crippen molar-refractivity contribution in [2.75, 3.05) is 13.2 Å². The normalized spacial score (nSPS) is 17.7. The fraction of sp³-hybridized carbons (Fsp3) is 0.481. The molecule has 1 aromatic carbocycles. The van der Waals surface area contributed by atoms with Crippen LogP contribution in [0.15, 0.2) is 48.8 Å². The van der Waals surface area contributed by atoms with Gasteiger partial charge in [0.25, 0.3) is 5.92 Å². The zero-order chi connectivity index (χ0) is 28.6. The highest BCUT2D eigenvalue weighted by Gasteiger charge is 2.51. The summed E-state index contributed by atoms with van der Waals surface area (Å²) in [6, 6.07) is 3.19. The zero-order valence-electron chi connectivity index (χ0n) is 21.5. The van der Waals surface area contributed by atoms with Gasteiger partial charge in [0.15, 0.2) is 0 Å². The molecule has 0 saturated carbocycles. The van der Waals surface area contributed by atoms with Crippen molar-refractivity contribution in [3.63, 3.8) is 0 Å². The summed E-state index contributed by atoms with van der Waals surface area (Å²) >= 11 is 5.99. The van der Waals surface area contributed by atoms with E-state index in [0.29, 0.717) is 30.7 Å². The molecular formula is C27H33ClF2N4O5. The molecule has 1 fully saturated rings. The van der Waals surface area contributed by atoms with Crippen LogP contribution in [0.25, 0.3) is 0 Å². The minimum absolute atomic E-state index is 0.0426. The maximum absolute atomic E-state index is 16.3. The van der Waals surface area contributed by atoms with Crippen LogP contribution in [0.2, 0.25) is 5.02 Å². The van der Waals surface area contributed by atoms with Crippen LogP contribution in [0.4, 0.5) is 13.6 Å². The molecule has 3 rings (SSSR count). The van der Waals surface area contributed by atoms with Crippen molar-refractivity contribution in [1.82, 2.24) is 20.5 Å². The van der Waals surface area contributed by atoms with Crippen molar-refractivity contribution in [1.29, 1.82) is 0 Å². The third-order valence-corrected chi connectivity index (χ3v) is 7.06. The van der Waals surface area contributed by atoms with Gasteiger partial charge in [0.05, 0.1) is 12.6 Å². The Labute approximate surface area is 230 Å². The van der Waals surface area contributed by atoms with E-state index in [4.69, 9.17) is 11.6 Å². The summed E-state index contributed by atoms with van der Waals surface area (Å²) < 4.78 is 32.6. The molecule has 9 nitrogen and oxygen atoms in total. The van der Waals surface area contributed by atoms with Gasteiger partial charge in [0.2, 0.25) is 11.8 Å². The number of carbonyl (C=O) groups is 3. The molecule has 4 N–H and O–H groups in total. The third kappa shape index (κ3) is 7.42. The number of pyridine rings is 1. The number of benzene rings is 1. The Balaban J connectivity index is 2.03. The first-order valence-corrected chi connectivity index (χ1v) is 13.2. The molecule has 1 aliphatic heterocycles. The van der Waals surface area contributed by atoms with E-state index in [0.717, 1.165) is 18.3 Å². The summed E-state index contributed by atoms with van der Waals surface area (Å²) in [6.45, 7) is 1.80. The lowest BCUT2D eigenvalue weighted by Gasteiger charge is -2.40. The van der Waals surface area contributed by atoms with Crippen LogP contribution in [0.3, 0.4) is 0 Å². The molecule has 0 radical (unpaired) electrons. The van der Waals surface area contributed by atoms with Crippen LogP contribution in [-0.4, -0.2) is 63.2 Å². The fourth-order valence-corrected chi connectivity index (χ4v) is 5.03. The van der Waals surface area contributed by atoms with Crippen molar-refractivity contribution in [3.8, 4) is 0 Å². The summed E-state index contributed by atoms with van der Waals surface area (Å²) in [5.74, 6) is -5.27. The first-order valence-electron chi connectivity index (χ1n) is 12.8. The van der Waals surface area contributed by atoms with Crippen molar-refractivity contribution in [3.05, 3.63) is 64.9 Å². The number of aromatic nitrogens is 1. The average Bonchev–Trinajstić information content (AvgIpc) is 3.31. The van der Waals surface area contributed by atoms with Gasteiger partial charge in [-0.3, -0.25) is 19.5 Å². The second-order valence-electron chi connectivity index (χ2n) is 9.57. The maximum Gasteiger partial charge on any atom is 0.408 e. The van der Waals surface area contributed by atoms with Gasteiger partial charge in [-0.05, 0) is 43.0 Å². The molecule has 1 unspecified atom stereocenters. The number of amides is 3. The van der Waals surface area contributed by atoms with Crippen LogP contribution in [0.5, 0.6) is 0 Å². The molecule has 3 amide bonds.